The predicted octanol–water partition coefficient (Wildman–Crippen LogP) is 8.29. The highest BCUT2D eigenvalue weighted by molar-refractivity contribution is 7.76. The highest BCUT2D eigenvalue weighted by Gasteiger charge is 2.50. The molecule has 2 aromatic rings. The van der Waals surface area contributed by atoms with Crippen molar-refractivity contribution >= 4 is 19.0 Å². The Hall–Kier alpha value is -2.12. The van der Waals surface area contributed by atoms with E-state index in [1.807, 2.05) is 48.5 Å². The van der Waals surface area contributed by atoms with Gasteiger partial charge in [-0.25, -0.2) is 4.79 Å². The van der Waals surface area contributed by atoms with Crippen molar-refractivity contribution in [2.24, 2.45) is 0 Å². The summed E-state index contributed by atoms with van der Waals surface area (Å²) in [4.78, 5) is 13.4. The van der Waals surface area contributed by atoms with Crippen LogP contribution < -0.4 is 0 Å². The van der Waals surface area contributed by atoms with Crippen molar-refractivity contribution in [1.82, 2.24) is 0 Å². The van der Waals surface area contributed by atoms with Crippen molar-refractivity contribution < 1.29 is 14.6 Å². The average molecular weight is 470 g/mol. The van der Waals surface area contributed by atoms with E-state index in [1.54, 1.807) is 0 Å². The smallest absolute Gasteiger partial charge is 0.341 e. The lowest BCUT2D eigenvalue weighted by Crippen LogP contribution is -2.24. The molecule has 2 rings (SSSR count). The Kier molecular flexibility index (Phi) is 11.7. The van der Waals surface area contributed by atoms with Crippen LogP contribution in [0.25, 0.3) is 5.76 Å². The molecule has 1 atom stereocenters. The maximum atomic E-state index is 13.4. The zero-order valence-electron chi connectivity index (χ0n) is 20.9. The second kappa shape index (κ2) is 14.2. The lowest BCUT2D eigenvalue weighted by atomic mass is 10.00. The lowest BCUT2D eigenvalue weighted by molar-refractivity contribution is -0.136. The van der Waals surface area contributed by atoms with E-state index in [-0.39, 0.29) is 11.4 Å². The van der Waals surface area contributed by atoms with Crippen LogP contribution in [-0.4, -0.2) is 36.7 Å². The molecule has 0 aliphatic carbocycles. The van der Waals surface area contributed by atoms with Gasteiger partial charge in [-0.15, -0.1) is 0 Å². The average Bonchev–Trinajstić information content (AvgIpc) is 2.87. The van der Waals surface area contributed by atoms with Gasteiger partial charge in [0, 0.05) is 12.8 Å². The van der Waals surface area contributed by atoms with Gasteiger partial charge >= 0.3 is 5.97 Å². The van der Waals surface area contributed by atoms with Crippen LogP contribution in [0.3, 0.4) is 0 Å². The van der Waals surface area contributed by atoms with Gasteiger partial charge in [0.2, 0.25) is 0 Å². The number of hydrogen-bond acceptors (Lipinski definition) is 3. The summed E-state index contributed by atoms with van der Waals surface area (Å²) in [6.07, 6.45) is 10.2. The SMILES string of the molecule is CCCC[P+](CCCC)(CCCC)[C@H](/C(C(=O)OC)=C(\O)c1ccccc1)c1ccccc1. The fourth-order valence-electron chi connectivity index (χ4n) is 4.73. The second-order valence-corrected chi connectivity index (χ2v) is 13.2. The Morgan fingerprint density at radius 2 is 1.27 bits per heavy atom. The van der Waals surface area contributed by atoms with Gasteiger partial charge in [-0.1, -0.05) is 101 Å². The third kappa shape index (κ3) is 7.18. The molecular weight excluding hydrogens is 427 g/mol. The molecule has 180 valence electrons. The van der Waals surface area contributed by atoms with Crippen LogP contribution in [0.1, 0.15) is 76.1 Å². The fourth-order valence-corrected chi connectivity index (χ4v) is 10.6. The summed E-state index contributed by atoms with van der Waals surface area (Å²) >= 11 is 0. The molecule has 0 aliphatic heterocycles. The van der Waals surface area contributed by atoms with Gasteiger partial charge in [0.25, 0.3) is 0 Å². The van der Waals surface area contributed by atoms with Gasteiger partial charge in [-0.2, -0.15) is 0 Å². The number of benzene rings is 2. The first-order valence-electron chi connectivity index (χ1n) is 12.5. The minimum absolute atomic E-state index is 0.0603. The number of ether oxygens (including phenoxy) is 1. The molecule has 0 aliphatic rings. The molecule has 0 spiro atoms. The van der Waals surface area contributed by atoms with E-state index in [4.69, 9.17) is 4.74 Å². The molecule has 0 aromatic heterocycles. The molecule has 0 saturated carbocycles. The van der Waals surface area contributed by atoms with Crippen molar-refractivity contribution in [2.75, 3.05) is 25.6 Å². The molecule has 0 fully saturated rings. The molecular formula is C29H42O3P+. The van der Waals surface area contributed by atoms with Crippen molar-refractivity contribution in [2.45, 2.75) is 65.0 Å². The summed E-state index contributed by atoms with van der Waals surface area (Å²) in [5, 5.41) is 11.5. The van der Waals surface area contributed by atoms with E-state index < -0.39 is 13.2 Å². The topological polar surface area (TPSA) is 46.5 Å². The van der Waals surface area contributed by atoms with Gasteiger partial charge in [-0.05, 0) is 24.8 Å². The summed E-state index contributed by atoms with van der Waals surface area (Å²) < 4.78 is 5.33. The number of methoxy groups -OCH3 is 1. The number of rotatable bonds is 14. The van der Waals surface area contributed by atoms with E-state index in [1.165, 1.54) is 7.11 Å². The fraction of sp³-hybridized carbons (Fsp3) is 0.483. The lowest BCUT2D eigenvalue weighted by Gasteiger charge is -2.36. The Morgan fingerprint density at radius 1 is 0.818 bits per heavy atom. The molecule has 3 nitrogen and oxygen atoms in total. The first kappa shape index (κ1) is 27.1. The third-order valence-electron chi connectivity index (χ3n) is 6.52. The van der Waals surface area contributed by atoms with Crippen LogP contribution in [0.4, 0.5) is 0 Å². The molecule has 0 amide bonds. The van der Waals surface area contributed by atoms with E-state index in [0.717, 1.165) is 62.6 Å². The Balaban J connectivity index is 2.85. The van der Waals surface area contributed by atoms with Gasteiger partial charge in [0.05, 0.1) is 25.6 Å². The third-order valence-corrected chi connectivity index (χ3v) is 11.8. The molecule has 1 N–H and O–H groups in total. The zero-order chi connectivity index (χ0) is 24.1. The Bertz CT molecular complexity index is 839. The molecule has 0 radical (unpaired) electrons. The van der Waals surface area contributed by atoms with E-state index in [0.29, 0.717) is 11.1 Å². The predicted molar refractivity (Wildman–Crippen MR) is 143 cm³/mol. The van der Waals surface area contributed by atoms with Crippen molar-refractivity contribution in [3.05, 3.63) is 77.4 Å². The monoisotopic (exact) mass is 469 g/mol. The van der Waals surface area contributed by atoms with Crippen LogP contribution in [0.2, 0.25) is 0 Å². The van der Waals surface area contributed by atoms with Gasteiger partial charge in [-0.3, -0.25) is 0 Å². The van der Waals surface area contributed by atoms with Crippen molar-refractivity contribution in [1.29, 1.82) is 0 Å². The maximum Gasteiger partial charge on any atom is 0.341 e. The molecule has 0 bridgehead atoms. The van der Waals surface area contributed by atoms with Crippen LogP contribution in [0, 0.1) is 0 Å². The summed E-state index contributed by atoms with van der Waals surface area (Å²) in [7, 11) is -0.270. The zero-order valence-corrected chi connectivity index (χ0v) is 21.8. The van der Waals surface area contributed by atoms with Gasteiger partial charge < -0.3 is 9.84 Å². The minimum Gasteiger partial charge on any atom is -0.507 e. The standard InChI is InChI=1S/C29H41O3P/c1-5-8-21-33(22-9-6-2,23-10-7-3)28(25-19-15-12-16-20-25)26(29(31)32-4)27(30)24-17-13-11-14-18-24/h11-20,28H,5-10,21-23H2,1-4H3/p+1/t28-/m0/s1. The summed E-state index contributed by atoms with van der Waals surface area (Å²) in [6.45, 7) is 6.72. The number of carbonyl (C=O) groups is 1. The quantitative estimate of drug-likeness (QED) is 0.131. The van der Waals surface area contributed by atoms with Crippen LogP contribution in [-0.2, 0) is 9.53 Å². The summed E-state index contributed by atoms with van der Waals surface area (Å²) in [5.41, 5.74) is 2.10. The van der Waals surface area contributed by atoms with Crippen LogP contribution >= 0.6 is 7.26 Å². The molecule has 0 saturated heterocycles. The second-order valence-electron chi connectivity index (χ2n) is 8.88. The molecule has 33 heavy (non-hydrogen) atoms. The summed E-state index contributed by atoms with van der Waals surface area (Å²) in [5.74, 6) is -0.357. The highest BCUT2D eigenvalue weighted by Crippen LogP contribution is 2.73. The first-order chi connectivity index (χ1) is 16.0. The first-order valence-corrected chi connectivity index (χ1v) is 14.9. The van der Waals surface area contributed by atoms with Gasteiger partial charge in [0.15, 0.2) is 0 Å². The minimum atomic E-state index is -1.69. The maximum absolute atomic E-state index is 13.4. The van der Waals surface area contributed by atoms with Crippen molar-refractivity contribution in [3.8, 4) is 0 Å². The molecule has 0 unspecified atom stereocenters. The molecule has 0 heterocycles. The normalized spacial score (nSPS) is 13.3. The van der Waals surface area contributed by atoms with E-state index in [9.17, 15) is 9.90 Å². The number of esters is 1. The van der Waals surface area contributed by atoms with Crippen LogP contribution in [0.15, 0.2) is 66.2 Å². The Labute approximate surface area is 201 Å². The molecule has 4 heteroatoms. The van der Waals surface area contributed by atoms with Crippen LogP contribution in [0.5, 0.6) is 0 Å². The number of aliphatic hydroxyl groups is 1. The van der Waals surface area contributed by atoms with Crippen molar-refractivity contribution in [3.63, 3.8) is 0 Å². The highest BCUT2D eigenvalue weighted by atomic mass is 31.2. The van der Waals surface area contributed by atoms with E-state index in [2.05, 4.69) is 32.9 Å². The molecule has 2 aromatic carbocycles. The number of unbranched alkanes of at least 4 members (excludes halogenated alkanes) is 3. The largest absolute Gasteiger partial charge is 0.507 e. The summed E-state index contributed by atoms with van der Waals surface area (Å²) in [6, 6.07) is 19.8. The number of carbonyl (C=O) groups excluding carboxylic acids is 1. The Morgan fingerprint density at radius 3 is 1.70 bits per heavy atom. The van der Waals surface area contributed by atoms with Gasteiger partial charge in [0.1, 0.15) is 17.0 Å². The number of hydrogen-bond donors (Lipinski definition) is 1. The number of aliphatic hydroxyl groups excluding tert-OH is 1. The van der Waals surface area contributed by atoms with E-state index >= 15 is 0 Å².